The van der Waals surface area contributed by atoms with Gasteiger partial charge < -0.3 is 25.0 Å². The summed E-state index contributed by atoms with van der Waals surface area (Å²) >= 11 is 0. The highest BCUT2D eigenvalue weighted by Crippen LogP contribution is 2.32. The lowest BCUT2D eigenvalue weighted by atomic mass is 10.2. The van der Waals surface area contributed by atoms with E-state index >= 15 is 0 Å². The van der Waals surface area contributed by atoms with Crippen LogP contribution in [0.1, 0.15) is 12.6 Å². The fourth-order valence-corrected chi connectivity index (χ4v) is 2.43. The predicted octanol–water partition coefficient (Wildman–Crippen LogP) is 1.28. The van der Waals surface area contributed by atoms with Crippen LogP contribution >= 0.6 is 0 Å². The second-order valence-electron chi connectivity index (χ2n) is 5.31. The molecular formula is C16H19N3O3. The van der Waals surface area contributed by atoms with Crippen LogP contribution in [-0.4, -0.2) is 34.8 Å². The summed E-state index contributed by atoms with van der Waals surface area (Å²) in [4.78, 5) is 10.8. The zero-order valence-corrected chi connectivity index (χ0v) is 12.4. The number of hydrogen-bond acceptors (Lipinski definition) is 4. The molecule has 0 aliphatic carbocycles. The van der Waals surface area contributed by atoms with Crippen molar-refractivity contribution in [3.63, 3.8) is 0 Å². The normalized spacial score (nSPS) is 13.5. The fraction of sp³-hybridized carbons (Fsp3) is 0.312. The van der Waals surface area contributed by atoms with E-state index in [0.717, 1.165) is 22.8 Å². The molecule has 2 heterocycles. The highest BCUT2D eigenvalue weighted by molar-refractivity contribution is 5.72. The first kappa shape index (κ1) is 14.5. The molecule has 3 N–H and O–H groups in total. The van der Waals surface area contributed by atoms with Crippen molar-refractivity contribution < 1.29 is 14.6 Å². The molecule has 0 spiro atoms. The SMILES string of the molecule is CC(=O)NC[C@H](O)CNc1ccc2c(c1)OCc1cccn1-2. The first-order valence-corrected chi connectivity index (χ1v) is 7.23. The minimum Gasteiger partial charge on any atom is -0.485 e. The Hall–Kier alpha value is -2.47. The molecule has 0 radical (unpaired) electrons. The van der Waals surface area contributed by atoms with Gasteiger partial charge in [-0.3, -0.25) is 4.79 Å². The van der Waals surface area contributed by atoms with Crippen LogP contribution in [-0.2, 0) is 11.4 Å². The number of aliphatic hydroxyl groups excluding tert-OH is 1. The monoisotopic (exact) mass is 301 g/mol. The van der Waals surface area contributed by atoms with Gasteiger partial charge in [-0.05, 0) is 24.3 Å². The van der Waals surface area contributed by atoms with E-state index in [9.17, 15) is 9.90 Å². The number of anilines is 1. The van der Waals surface area contributed by atoms with Gasteiger partial charge in [-0.1, -0.05) is 0 Å². The van der Waals surface area contributed by atoms with E-state index in [1.807, 2.05) is 36.5 Å². The number of hydrogen-bond donors (Lipinski definition) is 3. The third-order valence-corrected chi connectivity index (χ3v) is 3.56. The summed E-state index contributed by atoms with van der Waals surface area (Å²) in [5.74, 6) is 0.661. The summed E-state index contributed by atoms with van der Waals surface area (Å²) in [6.45, 7) is 2.56. The Balaban J connectivity index is 1.64. The zero-order chi connectivity index (χ0) is 15.5. The summed E-state index contributed by atoms with van der Waals surface area (Å²) < 4.78 is 7.86. The van der Waals surface area contributed by atoms with Crippen LogP contribution in [0, 0.1) is 0 Å². The minimum atomic E-state index is -0.642. The molecule has 0 saturated heterocycles. The quantitative estimate of drug-likeness (QED) is 0.777. The molecule has 6 nitrogen and oxygen atoms in total. The molecule has 1 atom stereocenters. The molecule has 0 unspecified atom stereocenters. The van der Waals surface area contributed by atoms with E-state index in [-0.39, 0.29) is 12.5 Å². The average Bonchev–Trinajstić information content (AvgIpc) is 2.99. The van der Waals surface area contributed by atoms with Crippen molar-refractivity contribution in [2.75, 3.05) is 18.4 Å². The van der Waals surface area contributed by atoms with Crippen LogP contribution < -0.4 is 15.4 Å². The summed E-state index contributed by atoms with van der Waals surface area (Å²) in [6, 6.07) is 9.89. The van der Waals surface area contributed by atoms with Crippen molar-refractivity contribution in [1.82, 2.24) is 9.88 Å². The number of aliphatic hydroxyl groups is 1. The van der Waals surface area contributed by atoms with Gasteiger partial charge in [-0.2, -0.15) is 0 Å². The first-order valence-electron chi connectivity index (χ1n) is 7.23. The molecule has 1 aromatic heterocycles. The number of benzene rings is 1. The van der Waals surface area contributed by atoms with Gasteiger partial charge in [0.05, 0.1) is 17.5 Å². The maximum atomic E-state index is 10.8. The Morgan fingerprint density at radius 3 is 3.09 bits per heavy atom. The molecule has 116 valence electrons. The number of aromatic nitrogens is 1. The van der Waals surface area contributed by atoms with E-state index in [1.54, 1.807) is 0 Å². The van der Waals surface area contributed by atoms with E-state index in [2.05, 4.69) is 15.2 Å². The topological polar surface area (TPSA) is 75.5 Å². The number of carbonyl (C=O) groups excluding carboxylic acids is 1. The van der Waals surface area contributed by atoms with Gasteiger partial charge in [-0.15, -0.1) is 0 Å². The van der Waals surface area contributed by atoms with E-state index in [0.29, 0.717) is 13.2 Å². The first-order chi connectivity index (χ1) is 10.6. The number of amides is 1. The van der Waals surface area contributed by atoms with E-state index in [4.69, 9.17) is 4.74 Å². The number of rotatable bonds is 5. The third kappa shape index (κ3) is 3.07. The van der Waals surface area contributed by atoms with Crippen LogP contribution in [0.15, 0.2) is 36.5 Å². The minimum absolute atomic E-state index is 0.149. The maximum Gasteiger partial charge on any atom is 0.216 e. The number of carbonyl (C=O) groups is 1. The second-order valence-corrected chi connectivity index (χ2v) is 5.31. The lowest BCUT2D eigenvalue weighted by Crippen LogP contribution is -2.34. The third-order valence-electron chi connectivity index (χ3n) is 3.56. The van der Waals surface area contributed by atoms with Gasteiger partial charge in [0.2, 0.25) is 5.91 Å². The van der Waals surface area contributed by atoms with Gasteiger partial charge in [0.25, 0.3) is 0 Å². The van der Waals surface area contributed by atoms with Crippen LogP contribution in [0.5, 0.6) is 5.75 Å². The number of nitrogens with one attached hydrogen (secondary N) is 2. The van der Waals surface area contributed by atoms with Crippen molar-refractivity contribution >= 4 is 11.6 Å². The predicted molar refractivity (Wildman–Crippen MR) is 83.3 cm³/mol. The molecule has 22 heavy (non-hydrogen) atoms. The molecule has 1 aromatic carbocycles. The van der Waals surface area contributed by atoms with Crippen LogP contribution in [0.25, 0.3) is 5.69 Å². The standard InChI is InChI=1S/C16H19N3O3/c1-11(20)17-8-14(21)9-18-12-4-5-15-16(7-12)22-10-13-3-2-6-19(13)15/h2-7,14,18,21H,8-10H2,1H3,(H,17,20)/t14-/m0/s1. The van der Waals surface area contributed by atoms with Crippen molar-refractivity contribution in [2.45, 2.75) is 19.6 Å². The molecule has 0 fully saturated rings. The van der Waals surface area contributed by atoms with Crippen molar-refractivity contribution in [3.05, 3.63) is 42.2 Å². The average molecular weight is 301 g/mol. The maximum absolute atomic E-state index is 10.8. The Morgan fingerprint density at radius 1 is 1.41 bits per heavy atom. The Morgan fingerprint density at radius 2 is 2.27 bits per heavy atom. The van der Waals surface area contributed by atoms with Crippen molar-refractivity contribution in [1.29, 1.82) is 0 Å². The van der Waals surface area contributed by atoms with Crippen LogP contribution in [0.3, 0.4) is 0 Å². The summed E-state index contributed by atoms with van der Waals surface area (Å²) in [6.07, 6.45) is 1.37. The largest absolute Gasteiger partial charge is 0.485 e. The van der Waals surface area contributed by atoms with Gasteiger partial charge in [-0.25, -0.2) is 0 Å². The number of nitrogens with zero attached hydrogens (tertiary/aromatic N) is 1. The highest BCUT2D eigenvalue weighted by atomic mass is 16.5. The van der Waals surface area contributed by atoms with Crippen molar-refractivity contribution in [3.8, 4) is 11.4 Å². The lowest BCUT2D eigenvalue weighted by Gasteiger charge is -2.21. The van der Waals surface area contributed by atoms with E-state index in [1.165, 1.54) is 6.92 Å². The summed E-state index contributed by atoms with van der Waals surface area (Å²) in [5.41, 5.74) is 3.01. The highest BCUT2D eigenvalue weighted by Gasteiger charge is 2.16. The molecule has 1 aliphatic rings. The second kappa shape index (κ2) is 6.11. The molecule has 1 amide bonds. The Kier molecular flexibility index (Phi) is 4.02. The molecule has 1 aliphatic heterocycles. The van der Waals surface area contributed by atoms with Gasteiger partial charge in [0.15, 0.2) is 0 Å². The summed E-state index contributed by atoms with van der Waals surface area (Å²) in [7, 11) is 0. The lowest BCUT2D eigenvalue weighted by molar-refractivity contribution is -0.119. The molecule has 2 aromatic rings. The molecule has 6 heteroatoms. The molecule has 0 saturated carbocycles. The van der Waals surface area contributed by atoms with Gasteiger partial charge >= 0.3 is 0 Å². The number of ether oxygens (including phenoxy) is 1. The molecular weight excluding hydrogens is 282 g/mol. The van der Waals surface area contributed by atoms with Gasteiger partial charge in [0, 0.05) is 38.0 Å². The smallest absolute Gasteiger partial charge is 0.216 e. The van der Waals surface area contributed by atoms with E-state index < -0.39 is 6.10 Å². The zero-order valence-electron chi connectivity index (χ0n) is 12.4. The van der Waals surface area contributed by atoms with Gasteiger partial charge in [0.1, 0.15) is 12.4 Å². The van der Waals surface area contributed by atoms with Crippen molar-refractivity contribution in [2.24, 2.45) is 0 Å². The Bertz CT molecular complexity index is 681. The number of fused-ring (bicyclic) bond motifs is 3. The molecule has 0 bridgehead atoms. The van der Waals surface area contributed by atoms with Crippen LogP contribution in [0.2, 0.25) is 0 Å². The van der Waals surface area contributed by atoms with Crippen LogP contribution in [0.4, 0.5) is 5.69 Å². The Labute approximate surface area is 128 Å². The summed E-state index contributed by atoms with van der Waals surface area (Å²) in [5, 5.41) is 15.5. The fourth-order valence-electron chi connectivity index (χ4n) is 2.43. The molecule has 3 rings (SSSR count).